The average Bonchev–Trinajstić information content (AvgIpc) is 2.89. The predicted molar refractivity (Wildman–Crippen MR) is 91.4 cm³/mol. The number of hydrogen-bond acceptors (Lipinski definition) is 6. The molecule has 7 nitrogen and oxygen atoms in total. The molecule has 136 valence electrons. The Morgan fingerprint density at radius 2 is 2.00 bits per heavy atom. The summed E-state index contributed by atoms with van der Waals surface area (Å²) in [5.41, 5.74) is 2.30. The largest absolute Gasteiger partial charge is 0.461 e. The highest BCUT2D eigenvalue weighted by Crippen LogP contribution is 2.17. The molecule has 0 bridgehead atoms. The molecule has 0 aliphatic heterocycles. The van der Waals surface area contributed by atoms with Crippen LogP contribution >= 0.6 is 0 Å². The van der Waals surface area contributed by atoms with Crippen molar-refractivity contribution in [2.45, 2.75) is 38.2 Å². The van der Waals surface area contributed by atoms with Crippen LogP contribution in [0.2, 0.25) is 0 Å². The van der Waals surface area contributed by atoms with Gasteiger partial charge in [0.2, 0.25) is 10.0 Å². The zero-order chi connectivity index (χ0) is 18.6. The highest BCUT2D eigenvalue weighted by Gasteiger charge is 2.17. The van der Waals surface area contributed by atoms with E-state index in [1.165, 1.54) is 26.2 Å². The molecule has 0 N–H and O–H groups in total. The second-order valence-corrected chi connectivity index (χ2v) is 8.05. The smallest absolute Gasteiger partial charge is 0.306 e. The van der Waals surface area contributed by atoms with Crippen LogP contribution in [0.15, 0.2) is 33.7 Å². The van der Waals surface area contributed by atoms with E-state index in [2.05, 4.69) is 5.16 Å². The van der Waals surface area contributed by atoms with Gasteiger partial charge >= 0.3 is 5.97 Å². The lowest BCUT2D eigenvalue weighted by Crippen LogP contribution is -2.22. The van der Waals surface area contributed by atoms with Crippen LogP contribution in [0, 0.1) is 13.8 Å². The number of esters is 1. The van der Waals surface area contributed by atoms with Gasteiger partial charge in [-0.3, -0.25) is 4.79 Å². The number of rotatable bonds is 7. The van der Waals surface area contributed by atoms with Crippen LogP contribution < -0.4 is 0 Å². The molecule has 0 aliphatic carbocycles. The van der Waals surface area contributed by atoms with Gasteiger partial charge in [-0.05, 0) is 38.0 Å². The first-order valence-corrected chi connectivity index (χ1v) is 9.24. The van der Waals surface area contributed by atoms with Gasteiger partial charge in [-0.2, -0.15) is 0 Å². The normalized spacial score (nSPS) is 11.7. The minimum atomic E-state index is -3.51. The van der Waals surface area contributed by atoms with Gasteiger partial charge in [0.1, 0.15) is 12.4 Å². The number of aromatic nitrogens is 1. The highest BCUT2D eigenvalue weighted by molar-refractivity contribution is 7.89. The molecule has 0 spiro atoms. The topological polar surface area (TPSA) is 89.7 Å². The van der Waals surface area contributed by atoms with E-state index >= 15 is 0 Å². The molecule has 0 radical (unpaired) electrons. The van der Waals surface area contributed by atoms with Crippen molar-refractivity contribution >= 4 is 16.0 Å². The summed E-state index contributed by atoms with van der Waals surface area (Å²) in [7, 11) is -0.574. The summed E-state index contributed by atoms with van der Waals surface area (Å²) in [4.78, 5) is 12.1. The van der Waals surface area contributed by atoms with Crippen LogP contribution in [0.1, 0.15) is 29.0 Å². The van der Waals surface area contributed by atoms with Crippen LogP contribution in [-0.2, 0) is 32.6 Å². The van der Waals surface area contributed by atoms with Crippen LogP contribution in [0.5, 0.6) is 0 Å². The first kappa shape index (κ1) is 19.1. The number of ether oxygens (including phenoxy) is 1. The Hall–Kier alpha value is -2.19. The zero-order valence-corrected chi connectivity index (χ0v) is 15.6. The van der Waals surface area contributed by atoms with Crippen molar-refractivity contribution in [2.24, 2.45) is 0 Å². The number of aryl methyl sites for hydroxylation is 2. The van der Waals surface area contributed by atoms with E-state index in [9.17, 15) is 13.2 Å². The van der Waals surface area contributed by atoms with Crippen LogP contribution in [-0.4, -0.2) is 37.9 Å². The second-order valence-electron chi connectivity index (χ2n) is 5.90. The molecule has 1 heterocycles. The standard InChI is InChI=1S/C17H22N2O5S/c1-12-16(13(2)24-18-12)8-9-17(20)23-11-14-6-5-7-15(10-14)25(21,22)19(3)4/h5-7,10H,8-9,11H2,1-4H3. The van der Waals surface area contributed by atoms with Crippen LogP contribution in [0.25, 0.3) is 0 Å². The third-order valence-corrected chi connectivity index (χ3v) is 5.65. The van der Waals surface area contributed by atoms with Gasteiger partial charge in [0.15, 0.2) is 0 Å². The van der Waals surface area contributed by atoms with Crippen molar-refractivity contribution in [3.8, 4) is 0 Å². The molecule has 2 rings (SSSR count). The van der Waals surface area contributed by atoms with Crippen LogP contribution in [0.3, 0.4) is 0 Å². The fourth-order valence-corrected chi connectivity index (χ4v) is 3.30. The Balaban J connectivity index is 1.94. The monoisotopic (exact) mass is 366 g/mol. The Bertz CT molecular complexity index is 836. The van der Waals surface area contributed by atoms with Crippen molar-refractivity contribution in [2.75, 3.05) is 14.1 Å². The molecular weight excluding hydrogens is 344 g/mol. The minimum Gasteiger partial charge on any atom is -0.461 e. The molecule has 1 aromatic carbocycles. The van der Waals surface area contributed by atoms with Gasteiger partial charge < -0.3 is 9.26 Å². The molecule has 8 heteroatoms. The lowest BCUT2D eigenvalue weighted by atomic mass is 10.1. The van der Waals surface area contributed by atoms with Gasteiger partial charge in [-0.25, -0.2) is 12.7 Å². The van der Waals surface area contributed by atoms with E-state index in [4.69, 9.17) is 9.26 Å². The van der Waals surface area contributed by atoms with Crippen LogP contribution in [0.4, 0.5) is 0 Å². The van der Waals surface area contributed by atoms with E-state index in [0.29, 0.717) is 17.7 Å². The lowest BCUT2D eigenvalue weighted by molar-refractivity contribution is -0.144. The summed E-state index contributed by atoms with van der Waals surface area (Å²) >= 11 is 0. The predicted octanol–water partition coefficient (Wildman–Crippen LogP) is 2.22. The summed E-state index contributed by atoms with van der Waals surface area (Å²) in [6.45, 7) is 3.66. The maximum absolute atomic E-state index is 12.1. The lowest BCUT2D eigenvalue weighted by Gasteiger charge is -2.12. The van der Waals surface area contributed by atoms with Crippen molar-refractivity contribution < 1.29 is 22.5 Å². The average molecular weight is 366 g/mol. The number of sulfonamides is 1. The third-order valence-electron chi connectivity index (χ3n) is 3.84. The highest BCUT2D eigenvalue weighted by atomic mass is 32.2. The van der Waals surface area contributed by atoms with E-state index in [0.717, 1.165) is 15.6 Å². The van der Waals surface area contributed by atoms with E-state index in [1.807, 2.05) is 6.92 Å². The minimum absolute atomic E-state index is 0.0250. The summed E-state index contributed by atoms with van der Waals surface area (Å²) in [6.07, 6.45) is 0.702. The maximum Gasteiger partial charge on any atom is 0.306 e. The van der Waals surface area contributed by atoms with E-state index in [-0.39, 0.29) is 23.9 Å². The molecule has 1 aromatic heterocycles. The van der Waals surface area contributed by atoms with Gasteiger partial charge in [-0.15, -0.1) is 0 Å². The molecule has 0 atom stereocenters. The summed E-state index contributed by atoms with van der Waals surface area (Å²) in [5.74, 6) is 0.341. The molecule has 0 unspecified atom stereocenters. The first-order valence-electron chi connectivity index (χ1n) is 7.80. The van der Waals surface area contributed by atoms with E-state index < -0.39 is 10.0 Å². The van der Waals surface area contributed by atoms with Crippen molar-refractivity contribution in [3.63, 3.8) is 0 Å². The molecule has 25 heavy (non-hydrogen) atoms. The number of benzene rings is 1. The molecule has 0 aliphatic rings. The molecule has 0 amide bonds. The number of nitrogens with zero attached hydrogens (tertiary/aromatic N) is 2. The second kappa shape index (κ2) is 7.79. The SMILES string of the molecule is Cc1noc(C)c1CCC(=O)OCc1cccc(S(=O)(=O)N(C)C)c1. The number of carbonyl (C=O) groups excluding carboxylic acids is 1. The fraction of sp³-hybridized carbons (Fsp3) is 0.412. The van der Waals surface area contributed by atoms with Gasteiger partial charge in [0, 0.05) is 26.1 Å². The Morgan fingerprint density at radius 1 is 1.28 bits per heavy atom. The van der Waals surface area contributed by atoms with Crippen molar-refractivity contribution in [3.05, 3.63) is 46.8 Å². The van der Waals surface area contributed by atoms with Crippen molar-refractivity contribution in [1.82, 2.24) is 9.46 Å². The Morgan fingerprint density at radius 3 is 2.60 bits per heavy atom. The first-order chi connectivity index (χ1) is 11.7. The maximum atomic E-state index is 12.1. The zero-order valence-electron chi connectivity index (χ0n) is 14.8. The quantitative estimate of drug-likeness (QED) is 0.698. The van der Waals surface area contributed by atoms with Gasteiger partial charge in [0.25, 0.3) is 0 Å². The molecule has 0 saturated carbocycles. The molecule has 2 aromatic rings. The van der Waals surface area contributed by atoms with Crippen molar-refractivity contribution in [1.29, 1.82) is 0 Å². The molecular formula is C17H22N2O5S. The summed E-state index contributed by atoms with van der Waals surface area (Å²) < 4.78 is 35.7. The number of carbonyl (C=O) groups is 1. The Labute approximate surface area is 147 Å². The summed E-state index contributed by atoms with van der Waals surface area (Å²) in [5, 5.41) is 3.85. The van der Waals surface area contributed by atoms with E-state index in [1.54, 1.807) is 19.1 Å². The Kier molecular flexibility index (Phi) is 5.97. The number of hydrogen-bond donors (Lipinski definition) is 0. The van der Waals surface area contributed by atoms with Gasteiger partial charge in [-0.1, -0.05) is 17.3 Å². The molecule has 0 fully saturated rings. The fourth-order valence-electron chi connectivity index (χ4n) is 2.33. The summed E-state index contributed by atoms with van der Waals surface area (Å²) in [6, 6.07) is 6.37. The molecule has 0 saturated heterocycles. The third kappa shape index (κ3) is 4.67. The van der Waals surface area contributed by atoms with Gasteiger partial charge in [0.05, 0.1) is 10.6 Å².